The first-order valence-corrected chi connectivity index (χ1v) is 6.55. The monoisotopic (exact) mass is 311 g/mol. The number of aromatic nitrogens is 1. The highest BCUT2D eigenvalue weighted by atomic mass is 35.5. The van der Waals surface area contributed by atoms with E-state index in [1.807, 2.05) is 6.92 Å². The van der Waals surface area contributed by atoms with Crippen molar-refractivity contribution in [3.05, 3.63) is 52.7 Å². The molecule has 0 aliphatic heterocycles. The Bertz CT molecular complexity index is 679. The molecule has 1 aromatic carbocycles. The highest BCUT2D eigenvalue weighted by molar-refractivity contribution is 6.30. The Labute approximate surface area is 125 Å². The van der Waals surface area contributed by atoms with E-state index >= 15 is 0 Å². The highest BCUT2D eigenvalue weighted by Gasteiger charge is 2.11. The third-order valence-electron chi connectivity index (χ3n) is 2.59. The van der Waals surface area contributed by atoms with Crippen molar-refractivity contribution < 1.29 is 13.6 Å². The van der Waals surface area contributed by atoms with Crippen LogP contribution in [-0.4, -0.2) is 17.4 Å². The minimum absolute atomic E-state index is 0.150. The standard InChI is InChI=1S/C14H12ClF2N3O/c1-2-18-13-6-8(5-12(15)20-13)14(21)19-9-3-4-10(16)11(17)7-9/h3-7H,2H2,1H3,(H,18,20)(H,19,21). The normalized spacial score (nSPS) is 10.3. The molecular weight excluding hydrogens is 300 g/mol. The SMILES string of the molecule is CCNc1cc(C(=O)Nc2ccc(F)c(F)c2)cc(Cl)n1. The van der Waals surface area contributed by atoms with Crippen LogP contribution in [0.3, 0.4) is 0 Å². The van der Waals surface area contributed by atoms with Crippen molar-refractivity contribution in [3.8, 4) is 0 Å². The molecule has 2 aromatic rings. The predicted molar refractivity (Wildman–Crippen MR) is 77.7 cm³/mol. The molecule has 0 radical (unpaired) electrons. The number of rotatable bonds is 4. The largest absolute Gasteiger partial charge is 0.370 e. The van der Waals surface area contributed by atoms with Gasteiger partial charge in [0.2, 0.25) is 0 Å². The number of carbonyl (C=O) groups is 1. The second kappa shape index (κ2) is 6.49. The van der Waals surface area contributed by atoms with Gasteiger partial charge in [-0.3, -0.25) is 4.79 Å². The first-order chi connectivity index (χ1) is 9.99. The molecule has 0 spiro atoms. The molecule has 2 N–H and O–H groups in total. The number of amides is 1. The highest BCUT2D eigenvalue weighted by Crippen LogP contribution is 2.18. The Balaban J connectivity index is 2.21. The number of hydrogen-bond donors (Lipinski definition) is 2. The Morgan fingerprint density at radius 1 is 1.24 bits per heavy atom. The lowest BCUT2D eigenvalue weighted by atomic mass is 10.2. The number of hydrogen-bond acceptors (Lipinski definition) is 3. The smallest absolute Gasteiger partial charge is 0.255 e. The summed E-state index contributed by atoms with van der Waals surface area (Å²) in [5.74, 6) is -2.05. The molecule has 0 atom stereocenters. The number of halogens is 3. The molecule has 0 fully saturated rings. The number of nitrogens with one attached hydrogen (secondary N) is 2. The first kappa shape index (κ1) is 15.2. The molecule has 1 amide bonds. The molecule has 4 nitrogen and oxygen atoms in total. The van der Waals surface area contributed by atoms with Crippen LogP contribution in [0.4, 0.5) is 20.3 Å². The van der Waals surface area contributed by atoms with Gasteiger partial charge in [0.25, 0.3) is 5.91 Å². The van der Waals surface area contributed by atoms with Crippen LogP contribution < -0.4 is 10.6 Å². The molecule has 0 aliphatic carbocycles. The van der Waals surface area contributed by atoms with Gasteiger partial charge in [0.05, 0.1) is 0 Å². The van der Waals surface area contributed by atoms with E-state index in [0.29, 0.717) is 12.4 Å². The topological polar surface area (TPSA) is 54.0 Å². The summed E-state index contributed by atoms with van der Waals surface area (Å²) in [5.41, 5.74) is 0.410. The molecule has 0 bridgehead atoms. The molecule has 0 saturated carbocycles. The fourth-order valence-electron chi connectivity index (χ4n) is 1.68. The number of benzene rings is 1. The van der Waals surface area contributed by atoms with Gasteiger partial charge in [-0.2, -0.15) is 0 Å². The average Bonchev–Trinajstić information content (AvgIpc) is 2.42. The lowest BCUT2D eigenvalue weighted by molar-refractivity contribution is 0.102. The minimum Gasteiger partial charge on any atom is -0.370 e. The maximum absolute atomic E-state index is 13.1. The van der Waals surface area contributed by atoms with Crippen LogP contribution in [0.1, 0.15) is 17.3 Å². The number of pyridine rings is 1. The molecule has 2 rings (SSSR count). The van der Waals surface area contributed by atoms with Crippen molar-refractivity contribution in [1.29, 1.82) is 0 Å². The van der Waals surface area contributed by atoms with Crippen LogP contribution in [0.15, 0.2) is 30.3 Å². The van der Waals surface area contributed by atoms with Crippen molar-refractivity contribution >= 4 is 29.0 Å². The van der Waals surface area contributed by atoms with Crippen LogP contribution in [0.25, 0.3) is 0 Å². The summed E-state index contributed by atoms with van der Waals surface area (Å²) in [4.78, 5) is 16.1. The summed E-state index contributed by atoms with van der Waals surface area (Å²) in [5, 5.41) is 5.56. The van der Waals surface area contributed by atoms with E-state index in [0.717, 1.165) is 12.1 Å². The molecular formula is C14H12ClF2N3O. The van der Waals surface area contributed by atoms with E-state index in [1.165, 1.54) is 18.2 Å². The zero-order valence-corrected chi connectivity index (χ0v) is 11.8. The van der Waals surface area contributed by atoms with Crippen molar-refractivity contribution in [1.82, 2.24) is 4.98 Å². The molecule has 0 aliphatic rings. The maximum Gasteiger partial charge on any atom is 0.255 e. The molecule has 0 unspecified atom stereocenters. The van der Waals surface area contributed by atoms with Crippen molar-refractivity contribution in [2.75, 3.05) is 17.2 Å². The summed E-state index contributed by atoms with van der Waals surface area (Å²) in [6.07, 6.45) is 0. The summed E-state index contributed by atoms with van der Waals surface area (Å²) in [6, 6.07) is 6.02. The molecule has 110 valence electrons. The van der Waals surface area contributed by atoms with Crippen LogP contribution in [0, 0.1) is 11.6 Å². The third-order valence-corrected chi connectivity index (χ3v) is 2.79. The molecule has 1 aromatic heterocycles. The second-order valence-corrected chi connectivity index (χ2v) is 4.56. The Morgan fingerprint density at radius 2 is 2.00 bits per heavy atom. The molecule has 0 saturated heterocycles. The summed E-state index contributed by atoms with van der Waals surface area (Å²) in [6.45, 7) is 2.50. The van der Waals surface area contributed by atoms with E-state index < -0.39 is 17.5 Å². The van der Waals surface area contributed by atoms with Gasteiger partial charge in [-0.15, -0.1) is 0 Å². The fraction of sp³-hybridized carbons (Fsp3) is 0.143. The predicted octanol–water partition coefficient (Wildman–Crippen LogP) is 3.70. The quantitative estimate of drug-likeness (QED) is 0.847. The van der Waals surface area contributed by atoms with Crippen molar-refractivity contribution in [2.45, 2.75) is 6.92 Å². The maximum atomic E-state index is 13.1. The van der Waals surface area contributed by atoms with Gasteiger partial charge < -0.3 is 10.6 Å². The Hall–Kier alpha value is -2.21. The van der Waals surface area contributed by atoms with Gasteiger partial charge in [-0.05, 0) is 31.2 Å². The van der Waals surface area contributed by atoms with E-state index in [2.05, 4.69) is 15.6 Å². The average molecular weight is 312 g/mol. The second-order valence-electron chi connectivity index (χ2n) is 4.18. The zero-order chi connectivity index (χ0) is 15.4. The molecule has 7 heteroatoms. The van der Waals surface area contributed by atoms with Crippen LogP contribution in [0.5, 0.6) is 0 Å². The lowest BCUT2D eigenvalue weighted by Crippen LogP contribution is -2.13. The van der Waals surface area contributed by atoms with Gasteiger partial charge >= 0.3 is 0 Å². The number of anilines is 2. The molecule has 21 heavy (non-hydrogen) atoms. The number of carbonyl (C=O) groups excluding carboxylic acids is 1. The van der Waals surface area contributed by atoms with Crippen molar-refractivity contribution in [2.24, 2.45) is 0 Å². The molecule has 1 heterocycles. The van der Waals surface area contributed by atoms with E-state index in [1.54, 1.807) is 0 Å². The van der Waals surface area contributed by atoms with E-state index in [-0.39, 0.29) is 16.4 Å². The van der Waals surface area contributed by atoms with E-state index in [4.69, 9.17) is 11.6 Å². The minimum atomic E-state index is -1.03. The summed E-state index contributed by atoms with van der Waals surface area (Å²) >= 11 is 5.84. The first-order valence-electron chi connectivity index (χ1n) is 6.17. The van der Waals surface area contributed by atoms with Crippen LogP contribution in [-0.2, 0) is 0 Å². The van der Waals surface area contributed by atoms with Crippen LogP contribution >= 0.6 is 11.6 Å². The fourth-order valence-corrected chi connectivity index (χ4v) is 1.89. The summed E-state index contributed by atoms with van der Waals surface area (Å²) < 4.78 is 25.9. The number of nitrogens with zero attached hydrogens (tertiary/aromatic N) is 1. The van der Waals surface area contributed by atoms with Gasteiger partial charge in [0.15, 0.2) is 11.6 Å². The zero-order valence-electron chi connectivity index (χ0n) is 11.1. The Morgan fingerprint density at radius 3 is 2.67 bits per heavy atom. The van der Waals surface area contributed by atoms with E-state index in [9.17, 15) is 13.6 Å². The van der Waals surface area contributed by atoms with Gasteiger partial charge in [0, 0.05) is 23.9 Å². The Kier molecular flexibility index (Phi) is 4.70. The third kappa shape index (κ3) is 3.88. The van der Waals surface area contributed by atoms with Crippen LogP contribution in [0.2, 0.25) is 5.15 Å². The lowest BCUT2D eigenvalue weighted by Gasteiger charge is -2.08. The van der Waals surface area contributed by atoms with Crippen molar-refractivity contribution in [3.63, 3.8) is 0 Å². The van der Waals surface area contributed by atoms with Gasteiger partial charge in [-0.1, -0.05) is 11.6 Å². The van der Waals surface area contributed by atoms with Gasteiger partial charge in [0.1, 0.15) is 11.0 Å². The summed E-state index contributed by atoms with van der Waals surface area (Å²) in [7, 11) is 0. The van der Waals surface area contributed by atoms with Gasteiger partial charge in [-0.25, -0.2) is 13.8 Å².